The molecule has 6 nitrogen and oxygen atoms in total. The second kappa shape index (κ2) is 5.18. The van der Waals surface area contributed by atoms with Crippen LogP contribution in [0.25, 0.3) is 0 Å². The summed E-state index contributed by atoms with van der Waals surface area (Å²) >= 11 is 0. The Morgan fingerprint density at radius 1 is 1.32 bits per heavy atom. The van der Waals surface area contributed by atoms with E-state index in [1.807, 2.05) is 20.8 Å². The quantitative estimate of drug-likeness (QED) is 0.861. The van der Waals surface area contributed by atoms with E-state index >= 15 is 0 Å². The van der Waals surface area contributed by atoms with E-state index in [0.717, 1.165) is 0 Å². The first-order chi connectivity index (χ1) is 8.54. The summed E-state index contributed by atoms with van der Waals surface area (Å²) in [5.41, 5.74) is -0.316. The highest BCUT2D eigenvalue weighted by Crippen LogP contribution is 2.22. The van der Waals surface area contributed by atoms with E-state index in [0.29, 0.717) is 0 Å². The minimum Gasteiger partial charge on any atom is -0.496 e. The number of nitrogens with two attached hydrogens (primary N) is 1. The van der Waals surface area contributed by atoms with Crippen LogP contribution in [-0.2, 0) is 10.0 Å². The van der Waals surface area contributed by atoms with Crippen molar-refractivity contribution in [3.8, 4) is 5.75 Å². The standard InChI is InChI=1S/C12H18N2O4S/c1-12(2,3)14-11(15)9-7-8(19(13,16)17)5-6-10(9)18-4/h5-7H,1-4H3,(H,14,15)(H2,13,16,17). The summed E-state index contributed by atoms with van der Waals surface area (Å²) < 4.78 is 27.6. The minimum atomic E-state index is -3.86. The van der Waals surface area contributed by atoms with Crippen LogP contribution in [0.1, 0.15) is 31.1 Å². The molecule has 1 amide bonds. The maximum absolute atomic E-state index is 12.1. The Morgan fingerprint density at radius 3 is 2.32 bits per heavy atom. The fourth-order valence-corrected chi connectivity index (χ4v) is 1.99. The highest BCUT2D eigenvalue weighted by Gasteiger charge is 2.21. The van der Waals surface area contributed by atoms with Gasteiger partial charge in [-0.2, -0.15) is 0 Å². The molecule has 3 N–H and O–H groups in total. The number of hydrogen-bond acceptors (Lipinski definition) is 4. The lowest BCUT2D eigenvalue weighted by atomic mass is 10.1. The maximum atomic E-state index is 12.1. The third kappa shape index (κ3) is 4.22. The molecule has 0 unspecified atom stereocenters. The summed E-state index contributed by atoms with van der Waals surface area (Å²) in [5.74, 6) is -0.135. The molecule has 0 aliphatic heterocycles. The fraction of sp³-hybridized carbons (Fsp3) is 0.417. The Morgan fingerprint density at radius 2 is 1.89 bits per heavy atom. The van der Waals surface area contributed by atoms with Gasteiger partial charge in [0.05, 0.1) is 17.6 Å². The van der Waals surface area contributed by atoms with Crippen LogP contribution in [0, 0.1) is 0 Å². The molecule has 0 saturated heterocycles. The summed E-state index contributed by atoms with van der Waals surface area (Å²) in [5, 5.41) is 7.78. The molecule has 1 rings (SSSR count). The average molecular weight is 286 g/mol. The zero-order valence-electron chi connectivity index (χ0n) is 11.4. The monoisotopic (exact) mass is 286 g/mol. The molecule has 0 aliphatic rings. The van der Waals surface area contributed by atoms with Crippen LogP contribution in [-0.4, -0.2) is 27.0 Å². The second-order valence-electron chi connectivity index (χ2n) is 5.11. The third-order valence-corrected chi connectivity index (χ3v) is 3.14. The first-order valence-electron chi connectivity index (χ1n) is 5.58. The Labute approximate surface area is 113 Å². The molecule has 0 atom stereocenters. The SMILES string of the molecule is COc1ccc(S(N)(=O)=O)cc1C(=O)NC(C)(C)C. The van der Waals surface area contributed by atoms with Gasteiger partial charge in [-0.3, -0.25) is 4.79 Å². The van der Waals surface area contributed by atoms with Crippen LogP contribution in [0.3, 0.4) is 0 Å². The lowest BCUT2D eigenvalue weighted by Crippen LogP contribution is -2.40. The van der Waals surface area contributed by atoms with Crippen molar-refractivity contribution < 1.29 is 17.9 Å². The first kappa shape index (κ1) is 15.5. The maximum Gasteiger partial charge on any atom is 0.255 e. The number of amides is 1. The van der Waals surface area contributed by atoms with Crippen molar-refractivity contribution in [3.05, 3.63) is 23.8 Å². The van der Waals surface area contributed by atoms with E-state index in [2.05, 4.69) is 5.32 Å². The molecule has 0 spiro atoms. The first-order valence-corrected chi connectivity index (χ1v) is 7.12. The van der Waals surface area contributed by atoms with Crippen molar-refractivity contribution >= 4 is 15.9 Å². The van der Waals surface area contributed by atoms with Gasteiger partial charge in [-0.1, -0.05) is 0 Å². The fourth-order valence-electron chi connectivity index (χ4n) is 1.45. The predicted molar refractivity (Wildman–Crippen MR) is 71.6 cm³/mol. The van der Waals surface area contributed by atoms with Gasteiger partial charge in [0.1, 0.15) is 5.75 Å². The van der Waals surface area contributed by atoms with Crippen LogP contribution >= 0.6 is 0 Å². The summed E-state index contributed by atoms with van der Waals surface area (Å²) in [6.45, 7) is 5.46. The lowest BCUT2D eigenvalue weighted by molar-refractivity contribution is 0.0916. The number of primary sulfonamides is 1. The Balaban J connectivity index is 3.28. The number of rotatable bonds is 3. The Kier molecular flexibility index (Phi) is 4.21. The predicted octanol–water partition coefficient (Wildman–Crippen LogP) is 0.871. The highest BCUT2D eigenvalue weighted by atomic mass is 32.2. The van der Waals surface area contributed by atoms with Gasteiger partial charge in [0.2, 0.25) is 10.0 Å². The molecule has 0 radical (unpaired) electrons. The molecule has 0 fully saturated rings. The van der Waals surface area contributed by atoms with Crippen LogP contribution in [0.2, 0.25) is 0 Å². The van der Waals surface area contributed by atoms with Crippen LogP contribution in [0.5, 0.6) is 5.75 Å². The number of ether oxygens (including phenoxy) is 1. The number of methoxy groups -OCH3 is 1. The van der Waals surface area contributed by atoms with Gasteiger partial charge in [-0.05, 0) is 39.0 Å². The molecule has 19 heavy (non-hydrogen) atoms. The number of nitrogens with one attached hydrogen (secondary N) is 1. The lowest BCUT2D eigenvalue weighted by Gasteiger charge is -2.21. The van der Waals surface area contributed by atoms with Crippen LogP contribution < -0.4 is 15.2 Å². The molecule has 0 bridgehead atoms. The number of carbonyl (C=O) groups is 1. The van der Waals surface area contributed by atoms with E-state index in [1.165, 1.54) is 25.3 Å². The van der Waals surface area contributed by atoms with E-state index in [-0.39, 0.29) is 16.2 Å². The smallest absolute Gasteiger partial charge is 0.255 e. The third-order valence-electron chi connectivity index (χ3n) is 2.23. The van der Waals surface area contributed by atoms with Gasteiger partial charge in [0, 0.05) is 5.54 Å². The van der Waals surface area contributed by atoms with Gasteiger partial charge < -0.3 is 10.1 Å². The van der Waals surface area contributed by atoms with Crippen LogP contribution in [0.15, 0.2) is 23.1 Å². The summed E-state index contributed by atoms with van der Waals surface area (Å²) in [6, 6.07) is 3.90. The molecule has 0 aliphatic carbocycles. The van der Waals surface area contributed by atoms with E-state index in [1.54, 1.807) is 0 Å². The summed E-state index contributed by atoms with van der Waals surface area (Å²) in [6.07, 6.45) is 0. The average Bonchev–Trinajstić information content (AvgIpc) is 2.24. The van der Waals surface area contributed by atoms with Crippen molar-refractivity contribution in [2.45, 2.75) is 31.2 Å². The van der Waals surface area contributed by atoms with Gasteiger partial charge in [0.25, 0.3) is 5.91 Å². The number of hydrogen-bond donors (Lipinski definition) is 2. The Bertz CT molecular complexity index is 588. The molecule has 0 saturated carbocycles. The molecular weight excluding hydrogens is 268 g/mol. The normalized spacial score (nSPS) is 12.1. The van der Waals surface area contributed by atoms with Gasteiger partial charge in [-0.25, -0.2) is 13.6 Å². The van der Waals surface area contributed by atoms with Crippen molar-refractivity contribution in [1.29, 1.82) is 0 Å². The number of sulfonamides is 1. The largest absolute Gasteiger partial charge is 0.496 e. The van der Waals surface area contributed by atoms with Gasteiger partial charge >= 0.3 is 0 Å². The number of carbonyl (C=O) groups excluding carboxylic acids is 1. The van der Waals surface area contributed by atoms with Crippen molar-refractivity contribution in [2.75, 3.05) is 7.11 Å². The highest BCUT2D eigenvalue weighted by molar-refractivity contribution is 7.89. The minimum absolute atomic E-state index is 0.129. The van der Waals surface area contributed by atoms with Gasteiger partial charge in [-0.15, -0.1) is 0 Å². The second-order valence-corrected chi connectivity index (χ2v) is 6.67. The molecule has 0 aromatic heterocycles. The van der Waals surface area contributed by atoms with Crippen molar-refractivity contribution in [3.63, 3.8) is 0 Å². The van der Waals surface area contributed by atoms with E-state index in [4.69, 9.17) is 9.88 Å². The molecule has 1 aromatic rings. The number of benzene rings is 1. The summed E-state index contributed by atoms with van der Waals surface area (Å²) in [4.78, 5) is 12.0. The molecule has 1 aromatic carbocycles. The van der Waals surface area contributed by atoms with Crippen molar-refractivity contribution in [2.24, 2.45) is 5.14 Å². The topological polar surface area (TPSA) is 98.5 Å². The van der Waals surface area contributed by atoms with E-state index in [9.17, 15) is 13.2 Å². The van der Waals surface area contributed by atoms with E-state index < -0.39 is 21.5 Å². The van der Waals surface area contributed by atoms with Gasteiger partial charge in [0.15, 0.2) is 0 Å². The zero-order valence-corrected chi connectivity index (χ0v) is 12.2. The zero-order chi connectivity index (χ0) is 14.8. The molecule has 106 valence electrons. The summed E-state index contributed by atoms with van der Waals surface area (Å²) in [7, 11) is -2.46. The Hall–Kier alpha value is -1.60. The molecular formula is C12H18N2O4S. The molecule has 0 heterocycles. The van der Waals surface area contributed by atoms with Crippen molar-refractivity contribution in [1.82, 2.24) is 5.32 Å². The molecule has 7 heteroatoms. The van der Waals surface area contributed by atoms with Crippen LogP contribution in [0.4, 0.5) is 0 Å².